The summed E-state index contributed by atoms with van der Waals surface area (Å²) in [7, 11) is 2.87. The molecule has 2 rings (SSSR count). The zero-order valence-electron chi connectivity index (χ0n) is 15.0. The van der Waals surface area contributed by atoms with Crippen LogP contribution in [-0.2, 0) is 4.79 Å². The fourth-order valence-corrected chi connectivity index (χ4v) is 3.00. The average molecular weight is 446 g/mol. The number of methoxy groups -OCH3 is 2. The maximum atomic E-state index is 12.6. The lowest BCUT2D eigenvalue weighted by molar-refractivity contribution is -0.114. The van der Waals surface area contributed by atoms with Crippen molar-refractivity contribution in [2.45, 2.75) is 6.92 Å². The highest BCUT2D eigenvalue weighted by Crippen LogP contribution is 2.39. The van der Waals surface area contributed by atoms with Crippen LogP contribution in [0.25, 0.3) is 0 Å². The second-order valence-electron chi connectivity index (χ2n) is 5.43. The van der Waals surface area contributed by atoms with Gasteiger partial charge in [0.2, 0.25) is 5.91 Å². The van der Waals surface area contributed by atoms with E-state index in [1.807, 2.05) is 0 Å². The number of carbonyl (C=O) groups excluding carboxylic acids is 2. The summed E-state index contributed by atoms with van der Waals surface area (Å²) in [6, 6.07) is 4.77. The summed E-state index contributed by atoms with van der Waals surface area (Å²) in [5.74, 6) is 0.0154. The van der Waals surface area contributed by atoms with Crippen molar-refractivity contribution in [3.63, 3.8) is 0 Å². The highest BCUT2D eigenvalue weighted by atomic mass is 35.5. The Labute approximate surface area is 176 Å². The normalized spacial score (nSPS) is 10.2. The van der Waals surface area contributed by atoms with Crippen LogP contribution in [-0.4, -0.2) is 31.3 Å². The maximum Gasteiger partial charge on any atom is 0.336 e. The second-order valence-corrected chi connectivity index (χ2v) is 6.65. The summed E-state index contributed by atoms with van der Waals surface area (Å²) >= 11 is 16.4. The van der Waals surface area contributed by atoms with Crippen LogP contribution in [0.5, 0.6) is 17.2 Å². The number of amides is 3. The largest absolute Gasteiger partial charge is 0.506 e. The van der Waals surface area contributed by atoms with Crippen molar-refractivity contribution in [3.8, 4) is 17.2 Å². The standard InChI is InChI=1S/C17H17Cl2N3O5S/c1-8(23)20-11-4-9(18)13(6-14(11)24)22(28)17(25)21-12-5-10(19)15(26-2)7-16(12)27-3/h4-7,24,28H,1-3H3,(H,20,23)(H,21,25). The number of phenols is 1. The Morgan fingerprint density at radius 2 is 1.61 bits per heavy atom. The van der Waals surface area contributed by atoms with Gasteiger partial charge in [-0.15, -0.1) is 0 Å². The number of urea groups is 1. The van der Waals surface area contributed by atoms with Crippen molar-refractivity contribution in [2.24, 2.45) is 0 Å². The van der Waals surface area contributed by atoms with E-state index < -0.39 is 6.03 Å². The van der Waals surface area contributed by atoms with Crippen molar-refractivity contribution >= 4 is 65.0 Å². The summed E-state index contributed by atoms with van der Waals surface area (Å²) in [4.78, 5) is 23.7. The van der Waals surface area contributed by atoms with E-state index in [4.69, 9.17) is 32.7 Å². The molecule has 0 atom stereocenters. The molecule has 0 aliphatic carbocycles. The van der Waals surface area contributed by atoms with E-state index in [9.17, 15) is 14.7 Å². The molecule has 2 aromatic rings. The number of nitrogens with zero attached hydrogens (tertiary/aromatic N) is 1. The summed E-state index contributed by atoms with van der Waals surface area (Å²) < 4.78 is 11.2. The number of hydrogen-bond donors (Lipinski definition) is 4. The monoisotopic (exact) mass is 445 g/mol. The van der Waals surface area contributed by atoms with Crippen molar-refractivity contribution in [3.05, 3.63) is 34.3 Å². The van der Waals surface area contributed by atoms with Crippen LogP contribution in [0.1, 0.15) is 6.92 Å². The lowest BCUT2D eigenvalue weighted by Crippen LogP contribution is -2.27. The van der Waals surface area contributed by atoms with Crippen molar-refractivity contribution in [1.29, 1.82) is 0 Å². The molecule has 0 unspecified atom stereocenters. The number of benzene rings is 2. The van der Waals surface area contributed by atoms with Crippen LogP contribution in [0.15, 0.2) is 24.3 Å². The number of rotatable bonds is 5. The van der Waals surface area contributed by atoms with Crippen LogP contribution in [0.3, 0.4) is 0 Å². The topological polar surface area (TPSA) is 100 Å². The van der Waals surface area contributed by atoms with E-state index in [1.54, 1.807) is 0 Å². The number of hydrogen-bond acceptors (Lipinski definition) is 6. The number of carbonyl (C=O) groups is 2. The molecule has 3 amide bonds. The highest BCUT2D eigenvalue weighted by molar-refractivity contribution is 7.82. The molecular formula is C17H17Cl2N3O5S. The van der Waals surface area contributed by atoms with Gasteiger partial charge in [-0.1, -0.05) is 36.0 Å². The van der Waals surface area contributed by atoms with E-state index in [1.165, 1.54) is 45.4 Å². The molecule has 3 N–H and O–H groups in total. The third kappa shape index (κ3) is 4.86. The van der Waals surface area contributed by atoms with Gasteiger partial charge in [-0.3, -0.25) is 4.79 Å². The third-order valence-corrected chi connectivity index (χ3v) is 4.51. The molecule has 11 heteroatoms. The Morgan fingerprint density at radius 1 is 1.00 bits per heavy atom. The zero-order chi connectivity index (χ0) is 21.0. The lowest BCUT2D eigenvalue weighted by atomic mass is 10.2. The summed E-state index contributed by atoms with van der Waals surface area (Å²) in [6.45, 7) is 1.28. The minimum atomic E-state index is -0.698. The molecule has 0 fully saturated rings. The first-order valence-corrected chi connectivity index (χ1v) is 8.85. The van der Waals surface area contributed by atoms with Crippen molar-refractivity contribution in [2.75, 3.05) is 29.2 Å². The lowest BCUT2D eigenvalue weighted by Gasteiger charge is -2.20. The molecule has 0 saturated carbocycles. The van der Waals surface area contributed by atoms with Crippen LogP contribution in [0.2, 0.25) is 10.0 Å². The number of aromatic hydroxyl groups is 1. The van der Waals surface area contributed by atoms with Gasteiger partial charge in [0.15, 0.2) is 0 Å². The van der Waals surface area contributed by atoms with Gasteiger partial charge in [0.1, 0.15) is 17.2 Å². The van der Waals surface area contributed by atoms with Gasteiger partial charge in [0.25, 0.3) is 0 Å². The molecule has 0 bridgehead atoms. The fourth-order valence-electron chi connectivity index (χ4n) is 2.24. The van der Waals surface area contributed by atoms with Gasteiger partial charge in [-0.25, -0.2) is 9.10 Å². The fraction of sp³-hybridized carbons (Fsp3) is 0.176. The molecule has 28 heavy (non-hydrogen) atoms. The molecular weight excluding hydrogens is 429 g/mol. The SMILES string of the molecule is COc1cc(OC)c(NC(=O)N(S)c2cc(O)c(NC(C)=O)cc2Cl)cc1Cl. The van der Waals surface area contributed by atoms with Gasteiger partial charge in [0.05, 0.1) is 41.3 Å². The Morgan fingerprint density at radius 3 is 2.18 bits per heavy atom. The minimum absolute atomic E-state index is 0.0754. The van der Waals surface area contributed by atoms with E-state index >= 15 is 0 Å². The van der Waals surface area contributed by atoms with Crippen LogP contribution < -0.4 is 24.4 Å². The van der Waals surface area contributed by atoms with Gasteiger partial charge < -0.3 is 25.2 Å². The third-order valence-electron chi connectivity index (χ3n) is 3.51. The molecule has 0 saturated heterocycles. The smallest absolute Gasteiger partial charge is 0.336 e. The van der Waals surface area contributed by atoms with Gasteiger partial charge in [0, 0.05) is 19.1 Å². The van der Waals surface area contributed by atoms with E-state index in [0.717, 1.165) is 4.31 Å². The predicted molar refractivity (Wildman–Crippen MR) is 112 cm³/mol. The number of ether oxygens (including phenoxy) is 2. The second kappa shape index (κ2) is 9.13. The number of thiol groups is 1. The molecule has 8 nitrogen and oxygen atoms in total. The van der Waals surface area contributed by atoms with Crippen molar-refractivity contribution in [1.82, 2.24) is 0 Å². The van der Waals surface area contributed by atoms with Crippen molar-refractivity contribution < 1.29 is 24.2 Å². The quantitative estimate of drug-likeness (QED) is 0.399. The summed E-state index contributed by atoms with van der Waals surface area (Å²) in [5.41, 5.74) is 0.465. The summed E-state index contributed by atoms with van der Waals surface area (Å²) in [6.07, 6.45) is 0. The molecule has 0 aliphatic rings. The number of halogens is 2. The molecule has 0 aliphatic heterocycles. The minimum Gasteiger partial charge on any atom is -0.506 e. The number of nitrogens with one attached hydrogen (secondary N) is 2. The number of phenolic OH excluding ortho intramolecular Hbond substituents is 1. The summed E-state index contributed by atoms with van der Waals surface area (Å²) in [5, 5.41) is 15.4. The first kappa shape index (κ1) is 21.8. The maximum absolute atomic E-state index is 12.6. The van der Waals surface area contributed by atoms with Crippen LogP contribution in [0.4, 0.5) is 21.9 Å². The first-order valence-electron chi connectivity index (χ1n) is 7.69. The molecule has 2 aromatic carbocycles. The van der Waals surface area contributed by atoms with Gasteiger partial charge in [-0.2, -0.15) is 0 Å². The van der Waals surface area contributed by atoms with E-state index in [-0.39, 0.29) is 38.8 Å². The molecule has 0 heterocycles. The van der Waals surface area contributed by atoms with E-state index in [2.05, 4.69) is 23.4 Å². The zero-order valence-corrected chi connectivity index (χ0v) is 17.4. The number of anilines is 3. The van der Waals surface area contributed by atoms with Crippen LogP contribution >= 0.6 is 36.0 Å². The Bertz CT molecular complexity index is 926. The predicted octanol–water partition coefficient (Wildman–Crippen LogP) is 4.56. The van der Waals surface area contributed by atoms with Gasteiger partial charge in [-0.05, 0) is 12.1 Å². The highest BCUT2D eigenvalue weighted by Gasteiger charge is 2.20. The first-order chi connectivity index (χ1) is 13.2. The Balaban J connectivity index is 2.29. The molecule has 0 aromatic heterocycles. The average Bonchev–Trinajstić information content (AvgIpc) is 2.63. The molecule has 0 radical (unpaired) electrons. The Hall–Kier alpha value is -2.49. The molecule has 150 valence electrons. The Kier molecular flexibility index (Phi) is 7.11. The van der Waals surface area contributed by atoms with Gasteiger partial charge >= 0.3 is 6.03 Å². The molecule has 0 spiro atoms. The van der Waals surface area contributed by atoms with Crippen LogP contribution in [0, 0.1) is 0 Å². The van der Waals surface area contributed by atoms with E-state index in [0.29, 0.717) is 11.5 Å².